The lowest BCUT2D eigenvalue weighted by molar-refractivity contribution is -0.116. The van der Waals surface area contributed by atoms with Gasteiger partial charge in [0.15, 0.2) is 0 Å². The summed E-state index contributed by atoms with van der Waals surface area (Å²) >= 11 is 3.40. The fourth-order valence-corrected chi connectivity index (χ4v) is 2.85. The molecule has 1 atom stereocenters. The first kappa shape index (κ1) is 14.1. The third kappa shape index (κ3) is 3.44. The Bertz CT molecular complexity index is 667. The lowest BCUT2D eigenvalue weighted by Crippen LogP contribution is -2.23. The number of aromatic nitrogens is 2. The van der Waals surface area contributed by atoms with Crippen molar-refractivity contribution in [2.24, 2.45) is 0 Å². The molecule has 0 saturated heterocycles. The maximum Gasteiger partial charge on any atom is 0.224 e. The summed E-state index contributed by atoms with van der Waals surface area (Å²) in [7, 11) is 0. The minimum Gasteiger partial charge on any atom is -0.381 e. The molecule has 1 aliphatic heterocycles. The van der Waals surface area contributed by atoms with Crippen molar-refractivity contribution >= 4 is 33.2 Å². The van der Waals surface area contributed by atoms with Crippen LogP contribution in [0.25, 0.3) is 0 Å². The second-order valence-electron chi connectivity index (χ2n) is 5.35. The van der Waals surface area contributed by atoms with Crippen LogP contribution in [0.2, 0.25) is 0 Å². The number of rotatable bonds is 4. The normalized spacial score (nSPS) is 15.2. The maximum absolute atomic E-state index is 11.4. The van der Waals surface area contributed by atoms with Crippen LogP contribution in [-0.4, -0.2) is 21.7 Å². The molecule has 1 aromatic carbocycles. The third-order valence-electron chi connectivity index (χ3n) is 3.48. The number of fused-ring (bicyclic) bond motifs is 1. The van der Waals surface area contributed by atoms with E-state index >= 15 is 0 Å². The molecule has 0 radical (unpaired) electrons. The largest absolute Gasteiger partial charge is 0.381 e. The number of anilines is 2. The first-order chi connectivity index (χ1) is 10.1. The molecule has 0 unspecified atom stereocenters. The van der Waals surface area contributed by atoms with Crippen molar-refractivity contribution in [2.75, 3.05) is 10.6 Å². The Morgan fingerprint density at radius 2 is 2.33 bits per heavy atom. The zero-order valence-electron chi connectivity index (χ0n) is 11.8. The molecule has 0 bridgehead atoms. The molecule has 1 aliphatic rings. The van der Waals surface area contributed by atoms with Crippen LogP contribution in [0.5, 0.6) is 0 Å². The van der Waals surface area contributed by atoms with Crippen molar-refractivity contribution in [1.29, 1.82) is 0 Å². The monoisotopic (exact) mass is 348 g/mol. The van der Waals surface area contributed by atoms with Gasteiger partial charge in [-0.25, -0.2) is 0 Å². The van der Waals surface area contributed by atoms with E-state index in [4.69, 9.17) is 0 Å². The van der Waals surface area contributed by atoms with Crippen LogP contribution in [0, 0.1) is 0 Å². The summed E-state index contributed by atoms with van der Waals surface area (Å²) in [6.45, 7) is 2.91. The molecular formula is C15H17BrN4O. The summed E-state index contributed by atoms with van der Waals surface area (Å²) in [5.74, 6) is 0.0980. The molecule has 1 aromatic heterocycles. The molecule has 0 fully saturated rings. The van der Waals surface area contributed by atoms with Crippen LogP contribution in [0.15, 0.2) is 35.1 Å². The van der Waals surface area contributed by atoms with Gasteiger partial charge in [0.05, 0.1) is 17.2 Å². The van der Waals surface area contributed by atoms with Gasteiger partial charge < -0.3 is 10.6 Å². The standard InChI is InChI=1S/C15H17BrN4O/c1-10(8-20-9-12(16)7-17-20)18-13-3-4-14-11(6-13)2-5-15(21)19-14/h3-4,6-7,9-10,18H,2,5,8H2,1H3,(H,19,21)/t10-/m1/s1. The quantitative estimate of drug-likeness (QED) is 0.892. The number of nitrogens with one attached hydrogen (secondary N) is 2. The number of carbonyl (C=O) groups excluding carboxylic acids is 1. The van der Waals surface area contributed by atoms with E-state index in [0.717, 1.165) is 28.8 Å². The lowest BCUT2D eigenvalue weighted by atomic mass is 10.0. The molecule has 21 heavy (non-hydrogen) atoms. The number of halogens is 1. The molecule has 2 N–H and O–H groups in total. The number of benzene rings is 1. The molecule has 0 spiro atoms. The van der Waals surface area contributed by atoms with Crippen LogP contribution in [-0.2, 0) is 17.8 Å². The SMILES string of the molecule is C[C@H](Cn1cc(Br)cn1)Nc1ccc2c(c1)CCC(=O)N2. The van der Waals surface area contributed by atoms with E-state index < -0.39 is 0 Å². The predicted molar refractivity (Wildman–Crippen MR) is 86.4 cm³/mol. The van der Waals surface area contributed by atoms with Gasteiger partial charge in [-0.1, -0.05) is 0 Å². The van der Waals surface area contributed by atoms with Crippen LogP contribution in [0.1, 0.15) is 18.9 Å². The van der Waals surface area contributed by atoms with Crippen molar-refractivity contribution in [3.8, 4) is 0 Å². The Kier molecular flexibility index (Phi) is 3.96. The van der Waals surface area contributed by atoms with Crippen molar-refractivity contribution in [3.63, 3.8) is 0 Å². The zero-order valence-corrected chi connectivity index (χ0v) is 13.4. The van der Waals surface area contributed by atoms with Gasteiger partial charge >= 0.3 is 0 Å². The first-order valence-corrected chi connectivity index (χ1v) is 7.77. The number of carbonyl (C=O) groups is 1. The van der Waals surface area contributed by atoms with Gasteiger partial charge in [0, 0.05) is 30.0 Å². The van der Waals surface area contributed by atoms with Crippen molar-refractivity contribution in [1.82, 2.24) is 9.78 Å². The topological polar surface area (TPSA) is 59.0 Å². The minimum atomic E-state index is 0.0980. The fraction of sp³-hybridized carbons (Fsp3) is 0.333. The smallest absolute Gasteiger partial charge is 0.224 e. The highest BCUT2D eigenvalue weighted by atomic mass is 79.9. The van der Waals surface area contributed by atoms with E-state index in [1.807, 2.05) is 23.0 Å². The van der Waals surface area contributed by atoms with Gasteiger partial charge in [0.2, 0.25) is 5.91 Å². The van der Waals surface area contributed by atoms with E-state index in [1.165, 1.54) is 5.56 Å². The lowest BCUT2D eigenvalue weighted by Gasteiger charge is -2.20. The van der Waals surface area contributed by atoms with Gasteiger partial charge in [0.1, 0.15) is 0 Å². The Morgan fingerprint density at radius 3 is 3.10 bits per heavy atom. The summed E-state index contributed by atoms with van der Waals surface area (Å²) in [4.78, 5) is 11.4. The average molecular weight is 349 g/mol. The highest BCUT2D eigenvalue weighted by molar-refractivity contribution is 9.10. The maximum atomic E-state index is 11.4. The molecule has 6 heteroatoms. The van der Waals surface area contributed by atoms with Gasteiger partial charge in [0.25, 0.3) is 0 Å². The number of amides is 1. The van der Waals surface area contributed by atoms with Crippen molar-refractivity contribution in [2.45, 2.75) is 32.4 Å². The van der Waals surface area contributed by atoms with Crippen molar-refractivity contribution < 1.29 is 4.79 Å². The molecule has 5 nitrogen and oxygen atoms in total. The average Bonchev–Trinajstić information content (AvgIpc) is 2.84. The second kappa shape index (κ2) is 5.89. The van der Waals surface area contributed by atoms with Crippen molar-refractivity contribution in [3.05, 3.63) is 40.6 Å². The zero-order chi connectivity index (χ0) is 14.8. The van der Waals surface area contributed by atoms with Gasteiger partial charge in [-0.15, -0.1) is 0 Å². The highest BCUT2D eigenvalue weighted by Gasteiger charge is 2.15. The van der Waals surface area contributed by atoms with Crippen LogP contribution in [0.3, 0.4) is 0 Å². The Hall–Kier alpha value is -1.82. The summed E-state index contributed by atoms with van der Waals surface area (Å²) < 4.78 is 2.89. The molecule has 2 aromatic rings. The summed E-state index contributed by atoms with van der Waals surface area (Å²) in [6.07, 6.45) is 5.11. The summed E-state index contributed by atoms with van der Waals surface area (Å²) in [6, 6.07) is 6.34. The molecular weight excluding hydrogens is 332 g/mol. The highest BCUT2D eigenvalue weighted by Crippen LogP contribution is 2.26. The summed E-state index contributed by atoms with van der Waals surface area (Å²) in [5.41, 5.74) is 3.19. The van der Waals surface area contributed by atoms with Crippen LogP contribution >= 0.6 is 15.9 Å². The Balaban J connectivity index is 1.66. The second-order valence-corrected chi connectivity index (χ2v) is 6.26. The first-order valence-electron chi connectivity index (χ1n) is 6.97. The number of hydrogen-bond donors (Lipinski definition) is 2. The van der Waals surface area contributed by atoms with Gasteiger partial charge in [-0.2, -0.15) is 5.10 Å². The third-order valence-corrected chi connectivity index (χ3v) is 3.89. The number of hydrogen-bond acceptors (Lipinski definition) is 3. The predicted octanol–water partition coefficient (Wildman–Crippen LogP) is 3.03. The molecule has 3 rings (SSSR count). The molecule has 0 saturated carbocycles. The van der Waals surface area contributed by atoms with Crippen LogP contribution in [0.4, 0.5) is 11.4 Å². The van der Waals surface area contributed by atoms with E-state index in [9.17, 15) is 4.79 Å². The van der Waals surface area contributed by atoms with E-state index in [2.05, 4.69) is 44.7 Å². The molecule has 1 amide bonds. The Labute approximate surface area is 131 Å². The minimum absolute atomic E-state index is 0.0980. The Morgan fingerprint density at radius 1 is 1.48 bits per heavy atom. The van der Waals surface area contributed by atoms with E-state index in [0.29, 0.717) is 6.42 Å². The fourth-order valence-electron chi connectivity index (χ4n) is 2.52. The number of nitrogens with zero attached hydrogens (tertiary/aromatic N) is 2. The molecule has 110 valence electrons. The van der Waals surface area contributed by atoms with E-state index in [1.54, 1.807) is 6.20 Å². The molecule has 2 heterocycles. The van der Waals surface area contributed by atoms with Gasteiger partial charge in [-0.3, -0.25) is 9.48 Å². The molecule has 0 aliphatic carbocycles. The number of aryl methyl sites for hydroxylation is 1. The summed E-state index contributed by atoms with van der Waals surface area (Å²) in [5, 5.41) is 10.6. The van der Waals surface area contributed by atoms with Crippen LogP contribution < -0.4 is 10.6 Å². The van der Waals surface area contributed by atoms with Gasteiger partial charge in [-0.05, 0) is 53.0 Å². The van der Waals surface area contributed by atoms with E-state index in [-0.39, 0.29) is 11.9 Å².